The minimum Gasteiger partial charge on any atom is -0.453 e. The first-order valence-corrected chi connectivity index (χ1v) is 8.91. The quantitative estimate of drug-likeness (QED) is 0.617. The van der Waals surface area contributed by atoms with E-state index in [2.05, 4.69) is 26.6 Å². The highest BCUT2D eigenvalue weighted by Gasteiger charge is 2.38. The van der Waals surface area contributed by atoms with Crippen molar-refractivity contribution in [1.82, 2.24) is 5.32 Å². The molecule has 3 N–H and O–H groups in total. The molecule has 7 nitrogen and oxygen atoms in total. The third-order valence-electron chi connectivity index (χ3n) is 3.99. The average molecular weight is 413 g/mol. The molecule has 0 aliphatic heterocycles. The van der Waals surface area contributed by atoms with Crippen LogP contribution in [0.3, 0.4) is 0 Å². The summed E-state index contributed by atoms with van der Waals surface area (Å²) in [6.07, 6.45) is 3.19. The Labute approximate surface area is 154 Å². The third kappa shape index (κ3) is 5.82. The Morgan fingerprint density at radius 2 is 1.80 bits per heavy atom. The molecule has 0 atom stereocenters. The predicted molar refractivity (Wildman–Crippen MR) is 94.8 cm³/mol. The van der Waals surface area contributed by atoms with E-state index in [-0.39, 0.29) is 6.54 Å². The van der Waals surface area contributed by atoms with Gasteiger partial charge in [-0.15, -0.1) is 0 Å². The first-order chi connectivity index (χ1) is 11.9. The van der Waals surface area contributed by atoms with Gasteiger partial charge in [-0.25, -0.2) is 4.79 Å². The number of hydrogen-bond donors (Lipinski definition) is 3. The number of nitrogens with one attached hydrogen (secondary N) is 2. The topological polar surface area (TPSA) is 105 Å². The van der Waals surface area contributed by atoms with Gasteiger partial charge in [0.1, 0.15) is 0 Å². The summed E-state index contributed by atoms with van der Waals surface area (Å²) >= 11 is 3.31. The van der Waals surface area contributed by atoms with Crippen molar-refractivity contribution in [2.45, 2.75) is 37.7 Å². The van der Waals surface area contributed by atoms with Crippen molar-refractivity contribution < 1.29 is 24.2 Å². The summed E-state index contributed by atoms with van der Waals surface area (Å²) in [5.74, 6) is -1.78. The lowest BCUT2D eigenvalue weighted by Gasteiger charge is -2.29. The minimum absolute atomic E-state index is 0.248. The second-order valence-corrected chi connectivity index (χ2v) is 6.83. The second kappa shape index (κ2) is 8.96. The van der Waals surface area contributed by atoms with E-state index in [9.17, 15) is 19.5 Å². The molecule has 0 heterocycles. The van der Waals surface area contributed by atoms with Crippen LogP contribution in [-0.4, -0.2) is 41.6 Å². The number of para-hydroxylation sites is 1. The highest BCUT2D eigenvalue weighted by molar-refractivity contribution is 9.10. The number of carbonyl (C=O) groups excluding carboxylic acids is 3. The first kappa shape index (κ1) is 19.4. The molecule has 0 bridgehead atoms. The van der Waals surface area contributed by atoms with Crippen molar-refractivity contribution >= 4 is 39.4 Å². The molecular formula is C17H21BrN2O5. The second-order valence-electron chi connectivity index (χ2n) is 5.97. The van der Waals surface area contributed by atoms with E-state index in [1.54, 1.807) is 18.2 Å². The molecule has 1 aliphatic rings. The first-order valence-electron chi connectivity index (χ1n) is 8.11. The standard InChI is InChI=1S/C17H21BrN2O5/c18-12-6-2-3-7-13(12)20-14(21)10-19-15(22)11-25-16(23)17(24)8-4-1-5-9-17/h2-3,6-7,24H,1,4-5,8-11H2,(H,19,22)(H,20,21). The number of amides is 2. The molecule has 1 aromatic rings. The number of aliphatic hydroxyl groups is 1. The molecule has 0 saturated heterocycles. The van der Waals surface area contributed by atoms with Gasteiger partial charge >= 0.3 is 5.97 Å². The Morgan fingerprint density at radius 3 is 2.48 bits per heavy atom. The zero-order valence-electron chi connectivity index (χ0n) is 13.7. The van der Waals surface area contributed by atoms with Crippen molar-refractivity contribution in [3.8, 4) is 0 Å². The van der Waals surface area contributed by atoms with Gasteiger partial charge in [-0.05, 0) is 53.7 Å². The number of ether oxygens (including phenoxy) is 1. The summed E-state index contributed by atoms with van der Waals surface area (Å²) in [7, 11) is 0. The van der Waals surface area contributed by atoms with Crippen molar-refractivity contribution in [2.75, 3.05) is 18.5 Å². The van der Waals surface area contributed by atoms with Gasteiger partial charge in [0.2, 0.25) is 5.91 Å². The lowest BCUT2D eigenvalue weighted by Crippen LogP contribution is -2.43. The van der Waals surface area contributed by atoms with Gasteiger partial charge in [0.05, 0.1) is 12.2 Å². The average Bonchev–Trinajstić information content (AvgIpc) is 2.60. The molecule has 1 aromatic carbocycles. The number of anilines is 1. The molecule has 0 spiro atoms. The number of esters is 1. The molecule has 0 unspecified atom stereocenters. The number of halogens is 1. The van der Waals surface area contributed by atoms with Crippen LogP contribution in [0.5, 0.6) is 0 Å². The van der Waals surface area contributed by atoms with Crippen molar-refractivity contribution in [1.29, 1.82) is 0 Å². The molecule has 136 valence electrons. The molecule has 0 radical (unpaired) electrons. The maximum atomic E-state index is 11.9. The van der Waals surface area contributed by atoms with Crippen LogP contribution in [0.4, 0.5) is 5.69 Å². The van der Waals surface area contributed by atoms with Crippen molar-refractivity contribution in [2.24, 2.45) is 0 Å². The highest BCUT2D eigenvalue weighted by atomic mass is 79.9. The molecule has 0 aromatic heterocycles. The van der Waals surface area contributed by atoms with E-state index in [0.29, 0.717) is 18.5 Å². The van der Waals surface area contributed by atoms with Gasteiger partial charge in [-0.3, -0.25) is 9.59 Å². The summed E-state index contributed by atoms with van der Waals surface area (Å²) in [6.45, 7) is -0.772. The van der Waals surface area contributed by atoms with Gasteiger partial charge in [0.25, 0.3) is 5.91 Å². The van der Waals surface area contributed by atoms with E-state index in [4.69, 9.17) is 4.74 Å². The van der Waals surface area contributed by atoms with E-state index < -0.39 is 30.0 Å². The van der Waals surface area contributed by atoms with Gasteiger partial charge < -0.3 is 20.5 Å². The Balaban J connectivity index is 1.70. The summed E-state index contributed by atoms with van der Waals surface area (Å²) in [5.41, 5.74) is -0.900. The maximum Gasteiger partial charge on any atom is 0.338 e. The molecule has 1 fully saturated rings. The fourth-order valence-corrected chi connectivity index (χ4v) is 2.98. The van der Waals surface area contributed by atoms with Crippen molar-refractivity contribution in [3.05, 3.63) is 28.7 Å². The van der Waals surface area contributed by atoms with E-state index in [0.717, 1.165) is 23.7 Å². The van der Waals surface area contributed by atoms with Crippen LogP contribution < -0.4 is 10.6 Å². The Morgan fingerprint density at radius 1 is 1.12 bits per heavy atom. The third-order valence-corrected chi connectivity index (χ3v) is 4.68. The fraction of sp³-hybridized carbons (Fsp3) is 0.471. The number of benzene rings is 1. The van der Waals surface area contributed by atoms with Crippen LogP contribution in [0.25, 0.3) is 0 Å². The number of carbonyl (C=O) groups is 3. The molecule has 1 aliphatic carbocycles. The SMILES string of the molecule is O=C(COC(=O)C1(O)CCCCC1)NCC(=O)Nc1ccccc1Br. The van der Waals surface area contributed by atoms with Gasteiger partial charge in [-0.2, -0.15) is 0 Å². The van der Waals surface area contributed by atoms with Crippen LogP contribution >= 0.6 is 15.9 Å². The normalized spacial score (nSPS) is 15.9. The lowest BCUT2D eigenvalue weighted by atomic mass is 9.85. The van der Waals surface area contributed by atoms with E-state index in [1.807, 2.05) is 6.07 Å². The van der Waals surface area contributed by atoms with Gasteiger partial charge in [-0.1, -0.05) is 18.6 Å². The largest absolute Gasteiger partial charge is 0.453 e. The molecular weight excluding hydrogens is 392 g/mol. The van der Waals surface area contributed by atoms with Crippen molar-refractivity contribution in [3.63, 3.8) is 0 Å². The monoisotopic (exact) mass is 412 g/mol. The molecule has 25 heavy (non-hydrogen) atoms. The Bertz CT molecular complexity index is 644. The zero-order valence-corrected chi connectivity index (χ0v) is 15.3. The fourth-order valence-electron chi connectivity index (χ4n) is 2.59. The maximum absolute atomic E-state index is 11.9. The molecule has 2 amide bonds. The minimum atomic E-state index is -1.49. The molecule has 1 saturated carbocycles. The van der Waals surface area contributed by atoms with Gasteiger partial charge in [0, 0.05) is 4.47 Å². The highest BCUT2D eigenvalue weighted by Crippen LogP contribution is 2.29. The Hall–Kier alpha value is -1.93. The van der Waals surface area contributed by atoms with E-state index >= 15 is 0 Å². The number of rotatable bonds is 6. The van der Waals surface area contributed by atoms with Crippen LogP contribution in [0, 0.1) is 0 Å². The van der Waals surface area contributed by atoms with Crippen LogP contribution in [0.15, 0.2) is 28.7 Å². The van der Waals surface area contributed by atoms with Crippen LogP contribution in [-0.2, 0) is 19.1 Å². The molecule has 2 rings (SSSR count). The zero-order chi connectivity index (χ0) is 18.3. The van der Waals surface area contributed by atoms with Gasteiger partial charge in [0.15, 0.2) is 12.2 Å². The lowest BCUT2D eigenvalue weighted by molar-refractivity contribution is -0.170. The summed E-state index contributed by atoms with van der Waals surface area (Å²) in [5, 5.41) is 15.2. The summed E-state index contributed by atoms with van der Waals surface area (Å²) in [4.78, 5) is 35.4. The Kier molecular flexibility index (Phi) is 6.95. The summed E-state index contributed by atoms with van der Waals surface area (Å²) < 4.78 is 5.60. The molecule has 8 heteroatoms. The smallest absolute Gasteiger partial charge is 0.338 e. The summed E-state index contributed by atoms with van der Waals surface area (Å²) in [6, 6.07) is 7.09. The number of hydrogen-bond acceptors (Lipinski definition) is 5. The van der Waals surface area contributed by atoms with E-state index in [1.165, 1.54) is 0 Å². The predicted octanol–water partition coefficient (Wildman–Crippen LogP) is 1.74. The van der Waals surface area contributed by atoms with Crippen LogP contribution in [0.1, 0.15) is 32.1 Å². The van der Waals surface area contributed by atoms with Crippen LogP contribution in [0.2, 0.25) is 0 Å².